The Balaban J connectivity index is 1.90. The maximum atomic E-state index is 12.6. The first-order chi connectivity index (χ1) is 10.0. The van der Waals surface area contributed by atoms with Gasteiger partial charge in [0, 0.05) is 31.2 Å². The predicted octanol–water partition coefficient (Wildman–Crippen LogP) is 1.57. The van der Waals surface area contributed by atoms with Crippen molar-refractivity contribution in [3.63, 3.8) is 0 Å². The lowest BCUT2D eigenvalue weighted by Gasteiger charge is -2.35. The third-order valence-electron chi connectivity index (χ3n) is 4.21. The summed E-state index contributed by atoms with van der Waals surface area (Å²) in [6.45, 7) is 3.40. The number of thioether (sulfide) groups is 1. The van der Waals surface area contributed by atoms with Crippen molar-refractivity contribution in [1.82, 2.24) is 14.3 Å². The van der Waals surface area contributed by atoms with Crippen LogP contribution in [0.15, 0.2) is 0 Å². The maximum Gasteiger partial charge on any atom is 0.279 e. The Morgan fingerprint density at radius 2 is 2.05 bits per heavy atom. The van der Waals surface area contributed by atoms with E-state index in [0.717, 1.165) is 38.0 Å². The van der Waals surface area contributed by atoms with Crippen LogP contribution in [-0.2, 0) is 10.2 Å². The van der Waals surface area contributed by atoms with E-state index in [-0.39, 0.29) is 12.1 Å². The van der Waals surface area contributed by atoms with Crippen LogP contribution in [0.25, 0.3) is 0 Å². The summed E-state index contributed by atoms with van der Waals surface area (Å²) in [6.07, 6.45) is 8.47. The third kappa shape index (κ3) is 5.71. The van der Waals surface area contributed by atoms with E-state index in [2.05, 4.69) is 10.0 Å². The molecule has 0 aromatic heterocycles. The van der Waals surface area contributed by atoms with Crippen molar-refractivity contribution in [2.24, 2.45) is 0 Å². The first kappa shape index (κ1) is 17.5. The number of hydrogen-bond acceptors (Lipinski definition) is 4. The zero-order valence-corrected chi connectivity index (χ0v) is 14.8. The summed E-state index contributed by atoms with van der Waals surface area (Å²) < 4.78 is 29.8. The first-order valence-electron chi connectivity index (χ1n) is 8.04. The van der Waals surface area contributed by atoms with Crippen LogP contribution in [0.3, 0.4) is 0 Å². The zero-order chi connectivity index (χ0) is 15.3. The van der Waals surface area contributed by atoms with Gasteiger partial charge in [-0.2, -0.15) is 29.2 Å². The molecule has 0 aromatic rings. The van der Waals surface area contributed by atoms with E-state index < -0.39 is 10.2 Å². The van der Waals surface area contributed by atoms with Gasteiger partial charge in [-0.1, -0.05) is 6.42 Å². The molecule has 21 heavy (non-hydrogen) atoms. The lowest BCUT2D eigenvalue weighted by atomic mass is 10.1. The van der Waals surface area contributed by atoms with Crippen LogP contribution in [0.4, 0.5) is 0 Å². The Bertz CT molecular complexity index is 412. The fourth-order valence-electron chi connectivity index (χ4n) is 2.76. The first-order valence-corrected chi connectivity index (χ1v) is 10.9. The summed E-state index contributed by atoms with van der Waals surface area (Å²) in [7, 11) is -3.36. The highest BCUT2D eigenvalue weighted by Crippen LogP contribution is 2.23. The lowest BCUT2D eigenvalue weighted by molar-refractivity contribution is 0.241. The summed E-state index contributed by atoms with van der Waals surface area (Å²) in [4.78, 5) is 0. The number of piperidine rings is 1. The average Bonchev–Trinajstić information content (AvgIpc) is 3.27. The van der Waals surface area contributed by atoms with Crippen molar-refractivity contribution in [1.29, 1.82) is 0 Å². The highest BCUT2D eigenvalue weighted by Gasteiger charge is 2.34. The Hall–Kier alpha value is 0.180. The minimum Gasteiger partial charge on any atom is -0.312 e. The monoisotopic (exact) mass is 335 g/mol. The molecule has 2 rings (SSSR count). The van der Waals surface area contributed by atoms with Gasteiger partial charge in [0.2, 0.25) is 0 Å². The summed E-state index contributed by atoms with van der Waals surface area (Å²) >= 11 is 1.75. The van der Waals surface area contributed by atoms with Crippen molar-refractivity contribution in [3.8, 4) is 0 Å². The molecule has 7 heteroatoms. The number of nitrogens with zero attached hydrogens (tertiary/aromatic N) is 1. The summed E-state index contributed by atoms with van der Waals surface area (Å²) in [5.41, 5.74) is 0. The third-order valence-corrected chi connectivity index (χ3v) is 6.65. The molecule has 0 spiro atoms. The molecule has 0 aromatic carbocycles. The van der Waals surface area contributed by atoms with E-state index in [1.807, 2.05) is 13.2 Å². The second-order valence-electron chi connectivity index (χ2n) is 6.25. The molecule has 2 N–H and O–H groups in total. The summed E-state index contributed by atoms with van der Waals surface area (Å²) in [5, 5.41) is 3.48. The van der Waals surface area contributed by atoms with Gasteiger partial charge in [0.15, 0.2) is 0 Å². The molecule has 0 radical (unpaired) electrons. The van der Waals surface area contributed by atoms with Gasteiger partial charge in [0.1, 0.15) is 0 Å². The molecule has 5 nitrogen and oxygen atoms in total. The van der Waals surface area contributed by atoms with E-state index in [1.54, 1.807) is 16.1 Å². The topological polar surface area (TPSA) is 61.4 Å². The van der Waals surface area contributed by atoms with E-state index in [4.69, 9.17) is 0 Å². The van der Waals surface area contributed by atoms with Crippen LogP contribution >= 0.6 is 11.8 Å². The Kier molecular flexibility index (Phi) is 6.80. The molecular formula is C14H29N3O2S2. The minimum atomic E-state index is -3.36. The van der Waals surface area contributed by atoms with Gasteiger partial charge >= 0.3 is 0 Å². The van der Waals surface area contributed by atoms with Gasteiger partial charge in [-0.15, -0.1) is 0 Å². The van der Waals surface area contributed by atoms with Crippen LogP contribution in [0.5, 0.6) is 0 Å². The van der Waals surface area contributed by atoms with Crippen LogP contribution in [-0.4, -0.2) is 55.9 Å². The molecule has 1 saturated carbocycles. The van der Waals surface area contributed by atoms with Gasteiger partial charge in [-0.3, -0.25) is 0 Å². The van der Waals surface area contributed by atoms with Crippen molar-refractivity contribution < 1.29 is 8.42 Å². The predicted molar refractivity (Wildman–Crippen MR) is 89.9 cm³/mol. The molecule has 1 saturated heterocycles. The fraction of sp³-hybridized carbons (Fsp3) is 1.00. The Morgan fingerprint density at radius 3 is 2.71 bits per heavy atom. The highest BCUT2D eigenvalue weighted by atomic mass is 32.2. The number of rotatable bonds is 9. The SMILES string of the molecule is CSCCC(C)NS(=O)(=O)N1CCCCC1CNC1CC1. The maximum absolute atomic E-state index is 12.6. The van der Waals surface area contributed by atoms with Crippen molar-refractivity contribution in [3.05, 3.63) is 0 Å². The molecule has 1 aliphatic carbocycles. The molecule has 1 aliphatic heterocycles. The van der Waals surface area contributed by atoms with Gasteiger partial charge in [-0.05, 0) is 51.0 Å². The van der Waals surface area contributed by atoms with Crippen LogP contribution in [0.1, 0.15) is 45.4 Å². The smallest absolute Gasteiger partial charge is 0.279 e. The van der Waals surface area contributed by atoms with E-state index in [9.17, 15) is 8.42 Å². The van der Waals surface area contributed by atoms with Crippen LogP contribution < -0.4 is 10.0 Å². The molecule has 2 aliphatic rings. The van der Waals surface area contributed by atoms with E-state index >= 15 is 0 Å². The molecule has 1 heterocycles. The zero-order valence-electron chi connectivity index (χ0n) is 13.2. The van der Waals surface area contributed by atoms with Crippen molar-refractivity contribution >= 4 is 22.0 Å². The second kappa shape index (κ2) is 8.15. The largest absolute Gasteiger partial charge is 0.312 e. The summed E-state index contributed by atoms with van der Waals surface area (Å²) in [6, 6.07) is 0.746. The summed E-state index contributed by atoms with van der Waals surface area (Å²) in [5.74, 6) is 0.982. The van der Waals surface area contributed by atoms with Crippen molar-refractivity contribution in [2.75, 3.05) is 25.1 Å². The van der Waals surface area contributed by atoms with Crippen LogP contribution in [0, 0.1) is 0 Å². The van der Waals surface area contributed by atoms with Gasteiger partial charge in [0.25, 0.3) is 10.2 Å². The highest BCUT2D eigenvalue weighted by molar-refractivity contribution is 7.98. The molecule has 124 valence electrons. The number of hydrogen-bond donors (Lipinski definition) is 2. The molecule has 0 bridgehead atoms. The quantitative estimate of drug-likeness (QED) is 0.671. The molecule has 0 amide bonds. The average molecular weight is 336 g/mol. The van der Waals surface area contributed by atoms with Gasteiger partial charge in [0.05, 0.1) is 0 Å². The molecule has 2 fully saturated rings. The Labute approximate surface area is 133 Å². The lowest BCUT2D eigenvalue weighted by Crippen LogP contribution is -2.54. The van der Waals surface area contributed by atoms with E-state index in [0.29, 0.717) is 12.6 Å². The molecule has 2 unspecified atom stereocenters. The van der Waals surface area contributed by atoms with Gasteiger partial charge < -0.3 is 5.32 Å². The second-order valence-corrected chi connectivity index (χ2v) is 8.89. The standard InChI is InChI=1S/C14H29N3O2S2/c1-12(8-10-20-2)16-21(18,19)17-9-4-3-5-14(17)11-15-13-6-7-13/h12-16H,3-11H2,1-2H3. The molecule has 2 atom stereocenters. The Morgan fingerprint density at radius 1 is 1.29 bits per heavy atom. The fourth-order valence-corrected chi connectivity index (χ4v) is 5.05. The normalized spacial score (nSPS) is 25.9. The van der Waals surface area contributed by atoms with Crippen LogP contribution in [0.2, 0.25) is 0 Å². The molecular weight excluding hydrogens is 306 g/mol. The van der Waals surface area contributed by atoms with Gasteiger partial charge in [-0.25, -0.2) is 0 Å². The van der Waals surface area contributed by atoms with Crippen molar-refractivity contribution in [2.45, 2.75) is 63.6 Å². The minimum absolute atomic E-state index is 0.00131. The van der Waals surface area contributed by atoms with E-state index in [1.165, 1.54) is 12.8 Å². The number of nitrogens with one attached hydrogen (secondary N) is 2.